The molecule has 0 spiro atoms. The van der Waals surface area contributed by atoms with Crippen molar-refractivity contribution in [3.05, 3.63) is 11.3 Å². The van der Waals surface area contributed by atoms with Gasteiger partial charge in [-0.25, -0.2) is 4.79 Å². The van der Waals surface area contributed by atoms with Gasteiger partial charge in [-0.3, -0.25) is 4.79 Å². The number of nitrogens with zero attached hydrogens (tertiary/aromatic N) is 1. The van der Waals surface area contributed by atoms with E-state index in [0.717, 1.165) is 19.3 Å². The fraction of sp³-hybridized carbons (Fsp3) is 0.733. The molecule has 0 bridgehead atoms. The molecule has 0 aromatic heterocycles. The van der Waals surface area contributed by atoms with E-state index < -0.39 is 17.9 Å². The molecule has 1 amide bonds. The van der Waals surface area contributed by atoms with Crippen LogP contribution in [0.25, 0.3) is 0 Å². The first-order valence-corrected chi connectivity index (χ1v) is 7.31. The molecule has 1 heterocycles. The summed E-state index contributed by atoms with van der Waals surface area (Å²) in [6.45, 7) is 7.67. The van der Waals surface area contributed by atoms with E-state index in [2.05, 4.69) is 0 Å². The zero-order chi connectivity index (χ0) is 15.4. The fourth-order valence-corrected chi connectivity index (χ4v) is 2.80. The second-order valence-corrected chi connectivity index (χ2v) is 5.57. The van der Waals surface area contributed by atoms with E-state index in [4.69, 9.17) is 0 Å². The maximum atomic E-state index is 12.2. The first-order chi connectivity index (χ1) is 9.36. The summed E-state index contributed by atoms with van der Waals surface area (Å²) in [7, 11) is 0. The maximum absolute atomic E-state index is 12.2. The van der Waals surface area contributed by atoms with E-state index in [0.29, 0.717) is 12.0 Å². The molecule has 0 fully saturated rings. The maximum Gasteiger partial charge on any atom is 0.326 e. The number of aliphatic hydroxyl groups is 1. The third kappa shape index (κ3) is 2.97. The molecule has 2 N–H and O–H groups in total. The highest BCUT2D eigenvalue weighted by atomic mass is 16.4. The van der Waals surface area contributed by atoms with Gasteiger partial charge in [0.2, 0.25) is 0 Å². The van der Waals surface area contributed by atoms with Crippen LogP contribution < -0.4 is 0 Å². The molecule has 114 valence electrons. The number of aliphatic carboxylic acids is 1. The summed E-state index contributed by atoms with van der Waals surface area (Å²) in [6, 6.07) is -1.17. The van der Waals surface area contributed by atoms with Gasteiger partial charge in [-0.05, 0) is 24.8 Å². The summed E-state index contributed by atoms with van der Waals surface area (Å²) in [5.41, 5.74) is 0.590. The zero-order valence-corrected chi connectivity index (χ0v) is 12.7. The Kier molecular flexibility index (Phi) is 5.60. The van der Waals surface area contributed by atoms with Crippen molar-refractivity contribution in [2.24, 2.45) is 5.92 Å². The molecular weight excluding hydrogens is 258 g/mol. The Bertz CT molecular complexity index is 416. The number of carbonyl (C=O) groups excluding carboxylic acids is 1. The number of carboxylic acids is 1. The van der Waals surface area contributed by atoms with Gasteiger partial charge in [-0.15, -0.1) is 0 Å². The topological polar surface area (TPSA) is 77.8 Å². The van der Waals surface area contributed by atoms with Gasteiger partial charge in [-0.1, -0.05) is 40.0 Å². The smallest absolute Gasteiger partial charge is 0.326 e. The van der Waals surface area contributed by atoms with E-state index in [-0.39, 0.29) is 17.7 Å². The van der Waals surface area contributed by atoms with Gasteiger partial charge in [0.05, 0.1) is 6.04 Å². The highest BCUT2D eigenvalue weighted by Gasteiger charge is 2.45. The minimum absolute atomic E-state index is 0.118. The van der Waals surface area contributed by atoms with Crippen molar-refractivity contribution in [1.29, 1.82) is 0 Å². The molecule has 5 heteroatoms. The Labute approximate surface area is 120 Å². The molecule has 0 aliphatic carbocycles. The molecule has 1 aliphatic heterocycles. The summed E-state index contributed by atoms with van der Waals surface area (Å²) in [5.74, 6) is -1.70. The van der Waals surface area contributed by atoms with Crippen LogP contribution in [0.4, 0.5) is 0 Å². The SMILES string of the molecule is CCCCC(C(=O)O)N1C(=O)C(O)=C(C)C1C(C)CC. The van der Waals surface area contributed by atoms with Crippen molar-refractivity contribution in [2.75, 3.05) is 0 Å². The van der Waals surface area contributed by atoms with Crippen LogP contribution in [0.3, 0.4) is 0 Å². The average molecular weight is 283 g/mol. The van der Waals surface area contributed by atoms with Gasteiger partial charge >= 0.3 is 5.97 Å². The molecule has 0 saturated carbocycles. The Morgan fingerprint density at radius 2 is 2.00 bits per heavy atom. The second kappa shape index (κ2) is 6.77. The quantitative estimate of drug-likeness (QED) is 0.753. The van der Waals surface area contributed by atoms with Gasteiger partial charge in [0.25, 0.3) is 5.91 Å². The fourth-order valence-electron chi connectivity index (χ4n) is 2.80. The van der Waals surface area contributed by atoms with E-state index in [1.54, 1.807) is 6.92 Å². The van der Waals surface area contributed by atoms with Crippen LogP contribution in [0.1, 0.15) is 53.4 Å². The Balaban J connectivity index is 3.11. The van der Waals surface area contributed by atoms with Gasteiger partial charge in [-0.2, -0.15) is 0 Å². The minimum atomic E-state index is -0.998. The number of carboxylic acid groups (broad SMARTS) is 1. The van der Waals surface area contributed by atoms with Crippen LogP contribution in [0, 0.1) is 5.92 Å². The second-order valence-electron chi connectivity index (χ2n) is 5.57. The van der Waals surface area contributed by atoms with Crippen LogP contribution in [0.2, 0.25) is 0 Å². The number of carbonyl (C=O) groups is 2. The lowest BCUT2D eigenvalue weighted by Gasteiger charge is -2.34. The predicted octanol–water partition coefficient (Wildman–Crippen LogP) is 2.72. The van der Waals surface area contributed by atoms with Crippen LogP contribution in [0.15, 0.2) is 11.3 Å². The highest BCUT2D eigenvalue weighted by molar-refractivity contribution is 5.97. The van der Waals surface area contributed by atoms with Crippen LogP contribution in [-0.2, 0) is 9.59 Å². The minimum Gasteiger partial charge on any atom is -0.503 e. The van der Waals surface area contributed by atoms with E-state index >= 15 is 0 Å². The lowest BCUT2D eigenvalue weighted by atomic mass is 9.92. The van der Waals surface area contributed by atoms with Crippen molar-refractivity contribution in [2.45, 2.75) is 65.5 Å². The molecule has 0 aromatic carbocycles. The van der Waals surface area contributed by atoms with Crippen LogP contribution >= 0.6 is 0 Å². The number of hydrogen-bond acceptors (Lipinski definition) is 3. The van der Waals surface area contributed by atoms with Gasteiger partial charge in [0.1, 0.15) is 6.04 Å². The summed E-state index contributed by atoms with van der Waals surface area (Å²) in [6.07, 6.45) is 2.86. The molecule has 0 radical (unpaired) electrons. The van der Waals surface area contributed by atoms with Crippen LogP contribution in [0.5, 0.6) is 0 Å². The Morgan fingerprint density at radius 3 is 2.45 bits per heavy atom. The lowest BCUT2D eigenvalue weighted by Crippen LogP contribution is -2.50. The standard InChI is InChI=1S/C15H25NO4/c1-5-7-8-11(15(19)20)16-12(9(3)6-2)10(4)13(17)14(16)18/h9,11-12,17H,5-8H2,1-4H3,(H,19,20). The van der Waals surface area contributed by atoms with Crippen molar-refractivity contribution in [3.8, 4) is 0 Å². The van der Waals surface area contributed by atoms with Crippen molar-refractivity contribution < 1.29 is 19.8 Å². The van der Waals surface area contributed by atoms with E-state index in [1.165, 1.54) is 4.90 Å². The highest BCUT2D eigenvalue weighted by Crippen LogP contribution is 2.33. The van der Waals surface area contributed by atoms with E-state index in [1.807, 2.05) is 20.8 Å². The predicted molar refractivity (Wildman–Crippen MR) is 76.4 cm³/mol. The first kappa shape index (κ1) is 16.5. The Morgan fingerprint density at radius 1 is 1.40 bits per heavy atom. The average Bonchev–Trinajstić information content (AvgIpc) is 2.63. The molecule has 0 saturated heterocycles. The molecule has 3 atom stereocenters. The molecule has 20 heavy (non-hydrogen) atoms. The summed E-state index contributed by atoms with van der Waals surface area (Å²) < 4.78 is 0. The third-order valence-electron chi connectivity index (χ3n) is 4.19. The summed E-state index contributed by atoms with van der Waals surface area (Å²) in [4.78, 5) is 25.1. The number of amides is 1. The monoisotopic (exact) mass is 283 g/mol. The van der Waals surface area contributed by atoms with Gasteiger partial charge in [0.15, 0.2) is 5.76 Å². The summed E-state index contributed by atoms with van der Waals surface area (Å²) >= 11 is 0. The number of hydrogen-bond donors (Lipinski definition) is 2. The molecule has 3 unspecified atom stereocenters. The largest absolute Gasteiger partial charge is 0.503 e. The molecule has 0 aromatic rings. The number of unbranched alkanes of at least 4 members (excludes halogenated alkanes) is 1. The first-order valence-electron chi connectivity index (χ1n) is 7.31. The Hall–Kier alpha value is -1.52. The lowest BCUT2D eigenvalue weighted by molar-refractivity contribution is -0.151. The van der Waals surface area contributed by atoms with Crippen LogP contribution in [-0.4, -0.2) is 39.1 Å². The number of aliphatic hydroxyl groups excluding tert-OH is 1. The molecule has 1 aliphatic rings. The zero-order valence-electron chi connectivity index (χ0n) is 12.7. The number of rotatable bonds is 7. The van der Waals surface area contributed by atoms with Crippen molar-refractivity contribution >= 4 is 11.9 Å². The molecular formula is C15H25NO4. The van der Waals surface area contributed by atoms with Crippen molar-refractivity contribution in [1.82, 2.24) is 4.90 Å². The van der Waals surface area contributed by atoms with Crippen molar-refractivity contribution in [3.63, 3.8) is 0 Å². The normalized spacial score (nSPS) is 22.3. The molecule has 1 rings (SSSR count). The van der Waals surface area contributed by atoms with E-state index in [9.17, 15) is 19.8 Å². The van der Waals surface area contributed by atoms with Gasteiger partial charge in [0, 0.05) is 0 Å². The third-order valence-corrected chi connectivity index (χ3v) is 4.19. The molecule has 5 nitrogen and oxygen atoms in total. The summed E-state index contributed by atoms with van der Waals surface area (Å²) in [5, 5.41) is 19.3. The van der Waals surface area contributed by atoms with Gasteiger partial charge < -0.3 is 15.1 Å².